The Morgan fingerprint density at radius 3 is 2.58 bits per heavy atom. The van der Waals surface area contributed by atoms with Crippen LogP contribution in [0.4, 0.5) is 5.69 Å². The summed E-state index contributed by atoms with van der Waals surface area (Å²) < 4.78 is 43.3. The number of carbonyl (C=O) groups is 1. The number of nitrogens with zero attached hydrogens (tertiary/aromatic N) is 1. The highest BCUT2D eigenvalue weighted by atomic mass is 32.2. The Kier molecular flexibility index (Phi) is 6.66. The standard InChI is InChI=1S/C23H24N2O7S/c1-30-20-9-8-18(33(28,29)25-11-3-2-4-12-25)14-19(20)24-22(26)15-31-17-7-5-16-6-10-23(27)32-21(16)13-17/h5-10,13-14H,2-4,11-12,15H2,1H3,(H,24,26). The van der Waals surface area contributed by atoms with E-state index >= 15 is 0 Å². The van der Waals surface area contributed by atoms with Crippen molar-refractivity contribution in [3.63, 3.8) is 0 Å². The highest BCUT2D eigenvalue weighted by Gasteiger charge is 2.27. The van der Waals surface area contributed by atoms with Crippen molar-refractivity contribution in [1.29, 1.82) is 0 Å². The Balaban J connectivity index is 1.47. The van der Waals surface area contributed by atoms with Gasteiger partial charge in [0.15, 0.2) is 6.61 Å². The number of ether oxygens (including phenoxy) is 2. The third-order valence-electron chi connectivity index (χ3n) is 5.36. The fraction of sp³-hybridized carbons (Fsp3) is 0.304. The maximum atomic E-state index is 13.0. The van der Waals surface area contributed by atoms with Gasteiger partial charge < -0.3 is 19.2 Å². The molecule has 1 fully saturated rings. The van der Waals surface area contributed by atoms with Gasteiger partial charge in [-0.15, -0.1) is 0 Å². The minimum absolute atomic E-state index is 0.0889. The third-order valence-corrected chi connectivity index (χ3v) is 7.26. The lowest BCUT2D eigenvalue weighted by Crippen LogP contribution is -2.35. The van der Waals surface area contributed by atoms with E-state index < -0.39 is 21.6 Å². The zero-order valence-corrected chi connectivity index (χ0v) is 18.9. The highest BCUT2D eigenvalue weighted by molar-refractivity contribution is 7.89. The molecule has 1 aromatic heterocycles. The number of benzene rings is 2. The summed E-state index contributed by atoms with van der Waals surface area (Å²) in [5, 5.41) is 3.37. The summed E-state index contributed by atoms with van der Waals surface area (Å²) in [5.74, 6) is 0.171. The van der Waals surface area contributed by atoms with E-state index in [-0.39, 0.29) is 17.2 Å². The van der Waals surface area contributed by atoms with Gasteiger partial charge in [-0.25, -0.2) is 13.2 Å². The number of sulfonamides is 1. The van der Waals surface area contributed by atoms with Gasteiger partial charge in [0.05, 0.1) is 17.7 Å². The topological polar surface area (TPSA) is 115 Å². The molecule has 0 atom stereocenters. The number of hydrogen-bond acceptors (Lipinski definition) is 7. The van der Waals surface area contributed by atoms with Gasteiger partial charge in [0.25, 0.3) is 5.91 Å². The van der Waals surface area contributed by atoms with Gasteiger partial charge in [0.1, 0.15) is 17.1 Å². The van der Waals surface area contributed by atoms with Crippen molar-refractivity contribution in [2.75, 3.05) is 32.1 Å². The molecule has 174 valence electrons. The van der Waals surface area contributed by atoms with Crippen LogP contribution in [0.15, 0.2) is 62.6 Å². The molecule has 4 rings (SSSR count). The average Bonchev–Trinajstić information content (AvgIpc) is 2.83. The van der Waals surface area contributed by atoms with Crippen LogP contribution in [0.1, 0.15) is 19.3 Å². The molecule has 3 aromatic rings. The number of piperidine rings is 1. The van der Waals surface area contributed by atoms with Crippen LogP contribution in [0.5, 0.6) is 11.5 Å². The van der Waals surface area contributed by atoms with Crippen molar-refractivity contribution >= 4 is 32.6 Å². The monoisotopic (exact) mass is 472 g/mol. The summed E-state index contributed by atoms with van der Waals surface area (Å²) in [6.45, 7) is 0.625. The van der Waals surface area contributed by atoms with Crippen molar-refractivity contribution in [2.24, 2.45) is 0 Å². The van der Waals surface area contributed by atoms with Crippen LogP contribution < -0.4 is 20.4 Å². The van der Waals surface area contributed by atoms with E-state index in [2.05, 4.69) is 5.32 Å². The van der Waals surface area contributed by atoms with Gasteiger partial charge in [-0.05, 0) is 49.2 Å². The average molecular weight is 473 g/mol. The molecule has 0 aliphatic carbocycles. The number of fused-ring (bicyclic) bond motifs is 1. The fourth-order valence-electron chi connectivity index (χ4n) is 3.67. The van der Waals surface area contributed by atoms with Crippen LogP contribution in [0.25, 0.3) is 11.0 Å². The van der Waals surface area contributed by atoms with Crippen LogP contribution in [-0.2, 0) is 14.8 Å². The number of anilines is 1. The highest BCUT2D eigenvalue weighted by Crippen LogP contribution is 2.30. The predicted octanol–water partition coefficient (Wildman–Crippen LogP) is 2.99. The van der Waals surface area contributed by atoms with Gasteiger partial charge in [-0.1, -0.05) is 6.42 Å². The van der Waals surface area contributed by atoms with Crippen LogP contribution >= 0.6 is 0 Å². The smallest absolute Gasteiger partial charge is 0.336 e. The normalized spacial score (nSPS) is 14.7. The van der Waals surface area contributed by atoms with Crippen LogP contribution in [-0.4, -0.2) is 45.4 Å². The number of rotatable bonds is 7. The Bertz CT molecular complexity index is 1330. The van der Waals surface area contributed by atoms with Crippen LogP contribution in [0.3, 0.4) is 0 Å². The first kappa shape index (κ1) is 22.8. The SMILES string of the molecule is COc1ccc(S(=O)(=O)N2CCCCC2)cc1NC(=O)COc1ccc2ccc(=O)oc2c1. The molecule has 2 heterocycles. The summed E-state index contributed by atoms with van der Waals surface area (Å²) in [6, 6.07) is 12.2. The van der Waals surface area contributed by atoms with E-state index in [1.165, 1.54) is 41.7 Å². The number of carbonyl (C=O) groups excluding carboxylic acids is 1. The second-order valence-electron chi connectivity index (χ2n) is 7.62. The number of nitrogens with one attached hydrogen (secondary N) is 1. The minimum atomic E-state index is -3.67. The van der Waals surface area contributed by atoms with Crippen molar-refractivity contribution < 1.29 is 27.1 Å². The molecular formula is C23H24N2O7S. The molecule has 1 N–H and O–H groups in total. The number of hydrogen-bond donors (Lipinski definition) is 1. The Morgan fingerprint density at radius 2 is 1.82 bits per heavy atom. The number of amides is 1. The van der Waals surface area contributed by atoms with Gasteiger partial charge >= 0.3 is 5.63 Å². The van der Waals surface area contributed by atoms with Crippen molar-refractivity contribution in [1.82, 2.24) is 4.31 Å². The molecular weight excluding hydrogens is 448 g/mol. The summed E-state index contributed by atoms with van der Waals surface area (Å²) in [7, 11) is -2.23. The summed E-state index contributed by atoms with van der Waals surface area (Å²) >= 11 is 0. The Labute approximate surface area is 191 Å². The van der Waals surface area contributed by atoms with Gasteiger partial charge in [0, 0.05) is 30.6 Å². The zero-order chi connectivity index (χ0) is 23.4. The molecule has 2 aromatic carbocycles. The predicted molar refractivity (Wildman–Crippen MR) is 122 cm³/mol. The molecule has 10 heteroatoms. The molecule has 1 aliphatic rings. The third kappa shape index (κ3) is 5.18. The Hall–Kier alpha value is -3.37. The minimum Gasteiger partial charge on any atom is -0.495 e. The molecule has 1 saturated heterocycles. The summed E-state index contributed by atoms with van der Waals surface area (Å²) in [4.78, 5) is 24.0. The molecule has 33 heavy (non-hydrogen) atoms. The van der Waals surface area contributed by atoms with E-state index in [9.17, 15) is 18.0 Å². The molecule has 0 saturated carbocycles. The summed E-state index contributed by atoms with van der Waals surface area (Å²) in [6.07, 6.45) is 2.67. The van der Waals surface area contributed by atoms with Crippen molar-refractivity contribution in [3.05, 3.63) is 59.0 Å². The molecule has 1 amide bonds. The second-order valence-corrected chi connectivity index (χ2v) is 9.56. The molecule has 9 nitrogen and oxygen atoms in total. The molecule has 0 unspecified atom stereocenters. The Morgan fingerprint density at radius 1 is 1.06 bits per heavy atom. The maximum Gasteiger partial charge on any atom is 0.336 e. The number of methoxy groups -OCH3 is 1. The lowest BCUT2D eigenvalue weighted by molar-refractivity contribution is -0.118. The second kappa shape index (κ2) is 9.63. The van der Waals surface area contributed by atoms with E-state index in [4.69, 9.17) is 13.9 Å². The van der Waals surface area contributed by atoms with Crippen molar-refractivity contribution in [3.8, 4) is 11.5 Å². The van der Waals surface area contributed by atoms with Gasteiger partial charge in [-0.3, -0.25) is 4.79 Å². The molecule has 0 bridgehead atoms. The maximum absolute atomic E-state index is 13.0. The first-order valence-corrected chi connectivity index (χ1v) is 12.0. The first-order chi connectivity index (χ1) is 15.9. The van der Waals surface area contributed by atoms with Crippen LogP contribution in [0.2, 0.25) is 0 Å². The summed E-state index contributed by atoms with van der Waals surface area (Å²) in [5.41, 5.74) is 0.0928. The van der Waals surface area contributed by atoms with E-state index in [0.29, 0.717) is 30.2 Å². The van der Waals surface area contributed by atoms with E-state index in [1.54, 1.807) is 18.2 Å². The van der Waals surface area contributed by atoms with Crippen molar-refractivity contribution in [2.45, 2.75) is 24.2 Å². The quantitative estimate of drug-likeness (QED) is 0.526. The fourth-order valence-corrected chi connectivity index (χ4v) is 5.21. The van der Waals surface area contributed by atoms with E-state index in [1.807, 2.05) is 0 Å². The van der Waals surface area contributed by atoms with E-state index in [0.717, 1.165) is 24.6 Å². The zero-order valence-electron chi connectivity index (χ0n) is 18.1. The first-order valence-electron chi connectivity index (χ1n) is 10.5. The van der Waals surface area contributed by atoms with Crippen LogP contribution in [0, 0.1) is 0 Å². The molecule has 1 aliphatic heterocycles. The molecule has 0 radical (unpaired) electrons. The largest absolute Gasteiger partial charge is 0.495 e. The van der Waals surface area contributed by atoms with Gasteiger partial charge in [-0.2, -0.15) is 4.31 Å². The lowest BCUT2D eigenvalue weighted by Gasteiger charge is -2.26. The van der Waals surface area contributed by atoms with Gasteiger partial charge in [0.2, 0.25) is 10.0 Å². The lowest BCUT2D eigenvalue weighted by atomic mass is 10.2. The molecule has 0 spiro atoms.